The molecular weight excluding hydrogens is 318 g/mol. The maximum absolute atomic E-state index is 12.2. The zero-order valence-corrected chi connectivity index (χ0v) is 12.5. The lowest BCUT2D eigenvalue weighted by atomic mass is 10.1. The number of non-ortho nitro benzene ring substituents is 1. The molecule has 0 spiro atoms. The SMILES string of the molecule is O=C(Oc1ccc2ccccc2c1)c1ccc([N+](=O)[O-])cc1Cl. The first-order valence-corrected chi connectivity index (χ1v) is 7.07. The molecule has 0 bridgehead atoms. The number of hydrogen-bond acceptors (Lipinski definition) is 4. The fourth-order valence-electron chi connectivity index (χ4n) is 2.18. The van der Waals surface area contributed by atoms with Crippen molar-refractivity contribution < 1.29 is 14.5 Å². The Bertz CT molecular complexity index is 923. The van der Waals surface area contributed by atoms with Gasteiger partial charge in [0.05, 0.1) is 15.5 Å². The highest BCUT2D eigenvalue weighted by Gasteiger charge is 2.16. The topological polar surface area (TPSA) is 69.4 Å². The molecule has 0 aliphatic carbocycles. The molecule has 3 aromatic rings. The monoisotopic (exact) mass is 327 g/mol. The van der Waals surface area contributed by atoms with Gasteiger partial charge in [-0.25, -0.2) is 4.79 Å². The Hall–Kier alpha value is -2.92. The summed E-state index contributed by atoms with van der Waals surface area (Å²) >= 11 is 5.92. The largest absolute Gasteiger partial charge is 0.423 e. The van der Waals surface area contributed by atoms with Crippen LogP contribution in [0.1, 0.15) is 10.4 Å². The fraction of sp³-hybridized carbons (Fsp3) is 0. The van der Waals surface area contributed by atoms with Crippen LogP contribution in [-0.4, -0.2) is 10.9 Å². The first kappa shape index (κ1) is 15.0. The molecule has 3 rings (SSSR count). The number of carbonyl (C=O) groups excluding carboxylic acids is 1. The van der Waals surface area contributed by atoms with Gasteiger partial charge in [-0.15, -0.1) is 0 Å². The molecule has 0 saturated heterocycles. The van der Waals surface area contributed by atoms with Gasteiger partial charge in [0, 0.05) is 12.1 Å². The van der Waals surface area contributed by atoms with Crippen LogP contribution in [0, 0.1) is 10.1 Å². The van der Waals surface area contributed by atoms with Crippen molar-refractivity contribution >= 4 is 34.0 Å². The third kappa shape index (κ3) is 3.14. The molecular formula is C17H10ClNO4. The summed E-state index contributed by atoms with van der Waals surface area (Å²) in [5, 5.41) is 12.6. The fourth-order valence-corrected chi connectivity index (χ4v) is 2.43. The Kier molecular flexibility index (Phi) is 3.95. The van der Waals surface area contributed by atoms with Crippen LogP contribution in [0.25, 0.3) is 10.8 Å². The number of benzene rings is 3. The van der Waals surface area contributed by atoms with Crippen molar-refractivity contribution in [1.29, 1.82) is 0 Å². The summed E-state index contributed by atoms with van der Waals surface area (Å²) in [7, 11) is 0. The van der Waals surface area contributed by atoms with Crippen molar-refractivity contribution in [2.75, 3.05) is 0 Å². The number of carbonyl (C=O) groups is 1. The van der Waals surface area contributed by atoms with Crippen molar-refractivity contribution in [2.24, 2.45) is 0 Å². The summed E-state index contributed by atoms with van der Waals surface area (Å²) in [6, 6.07) is 16.6. The molecule has 0 N–H and O–H groups in total. The van der Waals surface area contributed by atoms with E-state index in [0.29, 0.717) is 5.75 Å². The summed E-state index contributed by atoms with van der Waals surface area (Å²) in [4.78, 5) is 22.3. The maximum Gasteiger partial charge on any atom is 0.345 e. The van der Waals surface area contributed by atoms with Crippen LogP contribution in [0.15, 0.2) is 60.7 Å². The van der Waals surface area contributed by atoms with Crippen molar-refractivity contribution in [3.63, 3.8) is 0 Å². The van der Waals surface area contributed by atoms with Gasteiger partial charge < -0.3 is 4.74 Å². The number of fused-ring (bicyclic) bond motifs is 1. The van der Waals surface area contributed by atoms with Crippen LogP contribution < -0.4 is 4.74 Å². The second kappa shape index (κ2) is 6.06. The summed E-state index contributed by atoms with van der Waals surface area (Å²) in [6.45, 7) is 0. The van der Waals surface area contributed by atoms with Crippen molar-refractivity contribution in [1.82, 2.24) is 0 Å². The van der Waals surface area contributed by atoms with Crippen LogP contribution in [0.5, 0.6) is 5.75 Å². The lowest BCUT2D eigenvalue weighted by Gasteiger charge is -2.07. The first-order chi connectivity index (χ1) is 11.0. The van der Waals surface area contributed by atoms with Crippen molar-refractivity contribution in [2.45, 2.75) is 0 Å². The molecule has 0 atom stereocenters. The molecule has 0 fully saturated rings. The van der Waals surface area contributed by atoms with E-state index in [1.54, 1.807) is 12.1 Å². The third-order valence-electron chi connectivity index (χ3n) is 3.31. The minimum atomic E-state index is -0.667. The molecule has 0 saturated carbocycles. The average Bonchev–Trinajstić information content (AvgIpc) is 2.54. The summed E-state index contributed by atoms with van der Waals surface area (Å²) < 4.78 is 5.30. The normalized spacial score (nSPS) is 10.5. The first-order valence-electron chi connectivity index (χ1n) is 6.69. The summed E-state index contributed by atoms with van der Waals surface area (Å²) in [6.07, 6.45) is 0. The minimum Gasteiger partial charge on any atom is -0.423 e. The number of nitro benzene ring substituents is 1. The second-order valence-electron chi connectivity index (χ2n) is 4.82. The van der Waals surface area contributed by atoms with E-state index in [9.17, 15) is 14.9 Å². The lowest BCUT2D eigenvalue weighted by molar-refractivity contribution is -0.384. The quantitative estimate of drug-likeness (QED) is 0.304. The molecule has 23 heavy (non-hydrogen) atoms. The molecule has 0 aliphatic rings. The Morgan fingerprint density at radius 2 is 1.74 bits per heavy atom. The van der Waals surface area contributed by atoms with E-state index in [-0.39, 0.29) is 16.3 Å². The van der Waals surface area contributed by atoms with Gasteiger partial charge in [-0.1, -0.05) is 41.9 Å². The Morgan fingerprint density at radius 3 is 2.43 bits per heavy atom. The third-order valence-corrected chi connectivity index (χ3v) is 3.63. The van der Waals surface area contributed by atoms with Crippen LogP contribution in [-0.2, 0) is 0 Å². The summed E-state index contributed by atoms with van der Waals surface area (Å²) in [5.74, 6) is -0.289. The highest BCUT2D eigenvalue weighted by atomic mass is 35.5. The standard InChI is InChI=1S/C17H10ClNO4/c18-16-10-13(19(21)22)6-8-15(16)17(20)23-14-7-5-11-3-1-2-4-12(11)9-14/h1-10H. The van der Waals surface area contributed by atoms with E-state index >= 15 is 0 Å². The van der Waals surface area contributed by atoms with E-state index in [1.807, 2.05) is 30.3 Å². The highest BCUT2D eigenvalue weighted by Crippen LogP contribution is 2.25. The molecule has 5 nitrogen and oxygen atoms in total. The van der Waals surface area contributed by atoms with Crippen LogP contribution >= 0.6 is 11.6 Å². The molecule has 0 amide bonds. The minimum absolute atomic E-state index is 0.0232. The number of halogens is 1. The Labute approximate surface area is 136 Å². The molecule has 0 heterocycles. The Balaban J connectivity index is 1.87. The highest BCUT2D eigenvalue weighted by molar-refractivity contribution is 6.33. The summed E-state index contributed by atoms with van der Waals surface area (Å²) in [5.41, 5.74) is -0.109. The maximum atomic E-state index is 12.2. The number of nitro groups is 1. The number of nitrogens with zero attached hydrogens (tertiary/aromatic N) is 1. The van der Waals surface area contributed by atoms with Crippen molar-refractivity contribution in [3.8, 4) is 5.75 Å². The van der Waals surface area contributed by atoms with Crippen LogP contribution in [0.4, 0.5) is 5.69 Å². The van der Waals surface area contributed by atoms with E-state index in [4.69, 9.17) is 16.3 Å². The van der Waals surface area contributed by atoms with Crippen LogP contribution in [0.2, 0.25) is 5.02 Å². The molecule has 114 valence electrons. The van der Waals surface area contributed by atoms with E-state index < -0.39 is 10.9 Å². The molecule has 3 aromatic carbocycles. The van der Waals surface area contributed by atoms with Crippen molar-refractivity contribution in [3.05, 3.63) is 81.4 Å². The van der Waals surface area contributed by atoms with Gasteiger partial charge >= 0.3 is 5.97 Å². The number of rotatable bonds is 3. The predicted molar refractivity (Wildman–Crippen MR) is 87.0 cm³/mol. The molecule has 0 aliphatic heterocycles. The van der Waals surface area contributed by atoms with Gasteiger partial charge in [0.1, 0.15) is 5.75 Å². The number of ether oxygens (including phenoxy) is 1. The Morgan fingerprint density at radius 1 is 1.00 bits per heavy atom. The van der Waals surface area contributed by atoms with Gasteiger partial charge in [0.25, 0.3) is 5.69 Å². The second-order valence-corrected chi connectivity index (χ2v) is 5.23. The van der Waals surface area contributed by atoms with E-state index in [2.05, 4.69) is 0 Å². The van der Waals surface area contributed by atoms with E-state index in [1.165, 1.54) is 12.1 Å². The smallest absolute Gasteiger partial charge is 0.345 e. The molecule has 0 radical (unpaired) electrons. The number of hydrogen-bond donors (Lipinski definition) is 0. The zero-order chi connectivity index (χ0) is 16.4. The molecule has 0 aromatic heterocycles. The zero-order valence-electron chi connectivity index (χ0n) is 11.7. The molecule has 0 unspecified atom stereocenters. The van der Waals surface area contributed by atoms with Crippen LogP contribution in [0.3, 0.4) is 0 Å². The van der Waals surface area contributed by atoms with Gasteiger partial charge in [-0.05, 0) is 29.0 Å². The average molecular weight is 328 g/mol. The number of esters is 1. The van der Waals surface area contributed by atoms with Gasteiger partial charge in [-0.3, -0.25) is 10.1 Å². The predicted octanol–water partition coefficient (Wildman–Crippen LogP) is 4.62. The van der Waals surface area contributed by atoms with Gasteiger partial charge in [0.15, 0.2) is 0 Å². The van der Waals surface area contributed by atoms with Gasteiger partial charge in [-0.2, -0.15) is 0 Å². The van der Waals surface area contributed by atoms with E-state index in [0.717, 1.165) is 16.8 Å². The van der Waals surface area contributed by atoms with Gasteiger partial charge in [0.2, 0.25) is 0 Å². The molecule has 6 heteroatoms. The lowest BCUT2D eigenvalue weighted by Crippen LogP contribution is -2.09.